The summed E-state index contributed by atoms with van der Waals surface area (Å²) in [7, 11) is 0. The molecule has 0 unspecified atom stereocenters. The molecular formula is C5H8N2O. The zero-order chi connectivity index (χ0) is 6.57. The molecule has 0 saturated heterocycles. The van der Waals surface area contributed by atoms with Crippen molar-refractivity contribution in [3.05, 3.63) is 0 Å². The Morgan fingerprint density at radius 1 is 1.75 bits per heavy atom. The highest BCUT2D eigenvalue weighted by atomic mass is 16.4. The summed E-state index contributed by atoms with van der Waals surface area (Å²) >= 11 is 0. The fourth-order valence-electron chi connectivity index (χ4n) is 0.267. The average Bonchev–Trinajstić information content (AvgIpc) is 1.69. The Bertz CT molecular complexity index is 132. The number of nitriles is 1. The van der Waals surface area contributed by atoms with E-state index < -0.39 is 0 Å². The van der Waals surface area contributed by atoms with Crippen molar-refractivity contribution in [3.63, 3.8) is 0 Å². The van der Waals surface area contributed by atoms with Gasteiger partial charge in [0.25, 0.3) is 0 Å². The summed E-state index contributed by atoms with van der Waals surface area (Å²) in [6, 6.07) is 1.75. The van der Waals surface area contributed by atoms with Gasteiger partial charge in [-0.2, -0.15) is 5.26 Å². The van der Waals surface area contributed by atoms with Crippen LogP contribution in [0, 0.1) is 17.2 Å². The SMILES string of the molecule is CC(C)/C(C#N)=N/O. The van der Waals surface area contributed by atoms with Crippen molar-refractivity contribution in [2.75, 3.05) is 0 Å². The Labute approximate surface area is 48.2 Å². The molecule has 0 heterocycles. The molecule has 0 aromatic rings. The smallest absolute Gasteiger partial charge is 0.159 e. The first-order chi connectivity index (χ1) is 3.72. The molecule has 0 aromatic heterocycles. The summed E-state index contributed by atoms with van der Waals surface area (Å²) in [5, 5.41) is 19.0. The lowest BCUT2D eigenvalue weighted by Crippen LogP contribution is -2.02. The van der Waals surface area contributed by atoms with Gasteiger partial charge in [0.15, 0.2) is 5.71 Å². The lowest BCUT2D eigenvalue weighted by Gasteiger charge is -1.93. The predicted octanol–water partition coefficient (Wildman–Crippen LogP) is 0.996. The standard InChI is InChI=1S/C5H8N2O/c1-4(2)5(3-6)7-8/h4,8H,1-2H3/b7-5+. The van der Waals surface area contributed by atoms with E-state index in [2.05, 4.69) is 5.16 Å². The first-order valence-electron chi connectivity index (χ1n) is 2.34. The minimum atomic E-state index is 0.0185. The second-order valence-corrected chi connectivity index (χ2v) is 1.75. The predicted molar refractivity (Wildman–Crippen MR) is 29.7 cm³/mol. The van der Waals surface area contributed by atoms with Gasteiger partial charge in [0.1, 0.15) is 6.07 Å². The average molecular weight is 112 g/mol. The Kier molecular flexibility index (Phi) is 2.63. The van der Waals surface area contributed by atoms with E-state index in [1.54, 1.807) is 19.9 Å². The summed E-state index contributed by atoms with van der Waals surface area (Å²) in [4.78, 5) is 0. The molecule has 0 rings (SSSR count). The second kappa shape index (κ2) is 3.03. The van der Waals surface area contributed by atoms with Gasteiger partial charge in [0, 0.05) is 5.92 Å². The molecule has 3 nitrogen and oxygen atoms in total. The number of rotatable bonds is 1. The van der Waals surface area contributed by atoms with Crippen LogP contribution in [0.2, 0.25) is 0 Å². The molecule has 0 bridgehead atoms. The highest BCUT2D eigenvalue weighted by Crippen LogP contribution is 1.93. The van der Waals surface area contributed by atoms with E-state index in [0.717, 1.165) is 0 Å². The highest BCUT2D eigenvalue weighted by molar-refractivity contribution is 5.99. The molecule has 44 valence electrons. The summed E-state index contributed by atoms with van der Waals surface area (Å²) < 4.78 is 0. The van der Waals surface area contributed by atoms with E-state index in [0.29, 0.717) is 0 Å². The Hall–Kier alpha value is -1.04. The van der Waals surface area contributed by atoms with Gasteiger partial charge in [-0.05, 0) is 0 Å². The van der Waals surface area contributed by atoms with Gasteiger partial charge in [0.05, 0.1) is 0 Å². The Morgan fingerprint density at radius 2 is 2.25 bits per heavy atom. The van der Waals surface area contributed by atoms with Crippen LogP contribution in [-0.4, -0.2) is 10.9 Å². The van der Waals surface area contributed by atoms with Crippen LogP contribution < -0.4 is 0 Å². The third-order valence-electron chi connectivity index (χ3n) is 0.769. The first kappa shape index (κ1) is 6.96. The molecule has 0 aromatic carbocycles. The molecule has 1 N–H and O–H groups in total. The fraction of sp³-hybridized carbons (Fsp3) is 0.600. The molecule has 0 fully saturated rings. The molecule has 0 atom stereocenters. The lowest BCUT2D eigenvalue weighted by atomic mass is 10.1. The van der Waals surface area contributed by atoms with Gasteiger partial charge >= 0.3 is 0 Å². The number of oxime groups is 1. The van der Waals surface area contributed by atoms with E-state index in [1.165, 1.54) is 0 Å². The Balaban J connectivity index is 3.98. The molecule has 0 amide bonds. The first-order valence-corrected chi connectivity index (χ1v) is 2.34. The molecule has 0 spiro atoms. The lowest BCUT2D eigenvalue weighted by molar-refractivity contribution is 0.317. The van der Waals surface area contributed by atoms with Crippen LogP contribution in [0.15, 0.2) is 5.16 Å². The van der Waals surface area contributed by atoms with E-state index >= 15 is 0 Å². The Morgan fingerprint density at radius 3 is 2.25 bits per heavy atom. The van der Waals surface area contributed by atoms with Crippen molar-refractivity contribution in [1.29, 1.82) is 5.26 Å². The number of hydrogen-bond donors (Lipinski definition) is 1. The third-order valence-corrected chi connectivity index (χ3v) is 0.769. The second-order valence-electron chi connectivity index (χ2n) is 1.75. The molecule has 0 aliphatic heterocycles. The summed E-state index contributed by atoms with van der Waals surface area (Å²) in [5.41, 5.74) is 0.171. The van der Waals surface area contributed by atoms with Crippen molar-refractivity contribution in [2.45, 2.75) is 13.8 Å². The van der Waals surface area contributed by atoms with E-state index in [1.807, 2.05) is 0 Å². The quantitative estimate of drug-likeness (QED) is 0.312. The van der Waals surface area contributed by atoms with E-state index in [4.69, 9.17) is 10.5 Å². The van der Waals surface area contributed by atoms with Crippen molar-refractivity contribution >= 4 is 5.71 Å². The van der Waals surface area contributed by atoms with Crippen LogP contribution in [0.4, 0.5) is 0 Å². The normalized spacial score (nSPS) is 11.5. The third kappa shape index (κ3) is 1.61. The molecule has 0 aliphatic rings. The van der Waals surface area contributed by atoms with E-state index in [9.17, 15) is 0 Å². The van der Waals surface area contributed by atoms with Crippen LogP contribution in [0.1, 0.15) is 13.8 Å². The van der Waals surface area contributed by atoms with Gasteiger partial charge in [-0.1, -0.05) is 19.0 Å². The molecule has 0 saturated carbocycles. The van der Waals surface area contributed by atoms with E-state index in [-0.39, 0.29) is 11.6 Å². The van der Waals surface area contributed by atoms with Crippen molar-refractivity contribution in [1.82, 2.24) is 0 Å². The van der Waals surface area contributed by atoms with Crippen LogP contribution in [0.25, 0.3) is 0 Å². The monoisotopic (exact) mass is 112 g/mol. The maximum absolute atomic E-state index is 8.16. The van der Waals surface area contributed by atoms with Crippen LogP contribution in [0.3, 0.4) is 0 Å². The minimum Gasteiger partial charge on any atom is -0.410 e. The maximum Gasteiger partial charge on any atom is 0.159 e. The van der Waals surface area contributed by atoms with Gasteiger partial charge < -0.3 is 5.21 Å². The number of nitrogens with zero attached hydrogens (tertiary/aromatic N) is 2. The summed E-state index contributed by atoms with van der Waals surface area (Å²) in [6.45, 7) is 3.58. The van der Waals surface area contributed by atoms with Crippen LogP contribution >= 0.6 is 0 Å². The molecule has 3 heteroatoms. The molecular weight excluding hydrogens is 104 g/mol. The fourth-order valence-corrected chi connectivity index (χ4v) is 0.267. The van der Waals surface area contributed by atoms with Crippen LogP contribution in [-0.2, 0) is 0 Å². The highest BCUT2D eigenvalue weighted by Gasteiger charge is 2.01. The zero-order valence-electron chi connectivity index (χ0n) is 4.92. The maximum atomic E-state index is 8.16. The van der Waals surface area contributed by atoms with Crippen LogP contribution in [0.5, 0.6) is 0 Å². The minimum absolute atomic E-state index is 0.0185. The summed E-state index contributed by atoms with van der Waals surface area (Å²) in [6.07, 6.45) is 0. The van der Waals surface area contributed by atoms with Gasteiger partial charge in [0.2, 0.25) is 0 Å². The number of hydrogen-bond acceptors (Lipinski definition) is 3. The van der Waals surface area contributed by atoms with Crippen molar-refractivity contribution in [3.8, 4) is 6.07 Å². The molecule has 0 radical (unpaired) electrons. The topological polar surface area (TPSA) is 56.4 Å². The molecule has 8 heavy (non-hydrogen) atoms. The van der Waals surface area contributed by atoms with Crippen molar-refractivity contribution < 1.29 is 5.21 Å². The van der Waals surface area contributed by atoms with Gasteiger partial charge in [-0.3, -0.25) is 0 Å². The molecule has 0 aliphatic carbocycles. The van der Waals surface area contributed by atoms with Crippen molar-refractivity contribution in [2.24, 2.45) is 11.1 Å². The van der Waals surface area contributed by atoms with Gasteiger partial charge in [-0.15, -0.1) is 0 Å². The zero-order valence-corrected chi connectivity index (χ0v) is 4.92. The van der Waals surface area contributed by atoms with Gasteiger partial charge in [-0.25, -0.2) is 0 Å². The summed E-state index contributed by atoms with van der Waals surface area (Å²) in [5.74, 6) is 0.0185. The largest absolute Gasteiger partial charge is 0.410 e.